The SMILES string of the molecule is [2H]c1c([2H])c([2H])c(-c2c([2H])c([2H])c(-n3c4c([2H])c([2H])c([2H])c([2H])c4c4c([2H])c([2H])c(-c5nc(-c6ccccc6)nc(-c6ccc(-c7ccc(-c8ccccc8)cc7)cc6)n5)c([2H])c43)c([2H])c2[2H])c([2H])c1[2H]. The van der Waals surface area contributed by atoms with Crippen LogP contribution in [-0.4, -0.2) is 19.5 Å². The number of nitrogens with zero attached hydrogens (tertiary/aromatic N) is 4. The van der Waals surface area contributed by atoms with E-state index in [0.29, 0.717) is 11.1 Å². The van der Waals surface area contributed by atoms with E-state index in [-0.39, 0.29) is 33.8 Å². The lowest BCUT2D eigenvalue weighted by Gasteiger charge is -2.11. The Kier molecular flexibility index (Phi) is 4.93. The summed E-state index contributed by atoms with van der Waals surface area (Å²) in [5, 5.41) is -0.672. The van der Waals surface area contributed by atoms with Gasteiger partial charge in [0.25, 0.3) is 0 Å². The van der Waals surface area contributed by atoms with E-state index in [1.54, 1.807) is 30.3 Å². The maximum Gasteiger partial charge on any atom is 0.164 e. The van der Waals surface area contributed by atoms with E-state index in [1.807, 2.05) is 78.9 Å². The molecule has 2 aromatic heterocycles. The molecule has 0 aliphatic heterocycles. The minimum Gasteiger partial charge on any atom is -0.309 e. The van der Waals surface area contributed by atoms with Crippen molar-refractivity contribution >= 4 is 21.8 Å². The molecule has 2 heterocycles. The van der Waals surface area contributed by atoms with Crippen LogP contribution in [0.15, 0.2) is 206 Å². The Hall–Kier alpha value is -7.43. The zero-order valence-corrected chi connectivity index (χ0v) is 28.7. The lowest BCUT2D eigenvalue weighted by atomic mass is 9.99. The Labute approximate surface area is 342 Å². The average molecular weight is 719 g/mol. The molecule has 10 aromatic rings. The molecule has 258 valence electrons. The highest BCUT2D eigenvalue weighted by Gasteiger charge is 2.17. The maximum atomic E-state index is 9.91. The van der Waals surface area contributed by atoms with Crippen LogP contribution in [0.3, 0.4) is 0 Å². The summed E-state index contributed by atoms with van der Waals surface area (Å²) >= 11 is 0. The van der Waals surface area contributed by atoms with E-state index in [0.717, 1.165) is 26.8 Å². The van der Waals surface area contributed by atoms with Gasteiger partial charge in [0.15, 0.2) is 17.5 Å². The third kappa shape index (κ3) is 6.16. The van der Waals surface area contributed by atoms with E-state index in [2.05, 4.69) is 0 Å². The third-order valence-corrected chi connectivity index (χ3v) is 9.10. The molecule has 0 aliphatic carbocycles. The third-order valence-electron chi connectivity index (χ3n) is 9.10. The minimum absolute atomic E-state index is 0.133. The van der Waals surface area contributed by atoms with Crippen LogP contribution in [0.5, 0.6) is 0 Å². The molecule has 0 unspecified atom stereocenters. The van der Waals surface area contributed by atoms with Crippen LogP contribution in [0, 0.1) is 0 Å². The van der Waals surface area contributed by atoms with Crippen LogP contribution < -0.4 is 0 Å². The van der Waals surface area contributed by atoms with Crippen LogP contribution in [-0.2, 0) is 0 Å². The Morgan fingerprint density at radius 3 is 1.38 bits per heavy atom. The fourth-order valence-corrected chi connectivity index (χ4v) is 6.40. The lowest BCUT2D eigenvalue weighted by molar-refractivity contribution is 1.07. The Bertz CT molecular complexity index is 3810. The first-order valence-electron chi connectivity index (χ1n) is 25.2. The first-order chi connectivity index (χ1) is 33.9. The van der Waals surface area contributed by atoms with Gasteiger partial charge in [0, 0.05) is 33.2 Å². The number of para-hydroxylation sites is 1. The van der Waals surface area contributed by atoms with E-state index < -0.39 is 125 Å². The highest BCUT2D eigenvalue weighted by molar-refractivity contribution is 6.10. The fraction of sp³-hybridized carbons (Fsp3) is 0. The van der Waals surface area contributed by atoms with E-state index in [4.69, 9.17) is 27.3 Å². The van der Waals surface area contributed by atoms with Gasteiger partial charge >= 0.3 is 0 Å². The summed E-state index contributed by atoms with van der Waals surface area (Å²) in [6.45, 7) is 0. The van der Waals surface area contributed by atoms with Crippen LogP contribution in [0.2, 0.25) is 0 Å². The van der Waals surface area contributed by atoms with Gasteiger partial charge in [0.05, 0.1) is 33.0 Å². The summed E-state index contributed by atoms with van der Waals surface area (Å²) in [5.74, 6) is 0.0278. The quantitative estimate of drug-likeness (QED) is 0.165. The van der Waals surface area contributed by atoms with Gasteiger partial charge in [-0.15, -0.1) is 0 Å². The van der Waals surface area contributed by atoms with Gasteiger partial charge in [0.1, 0.15) is 0 Å². The zero-order chi connectivity index (χ0) is 50.5. The Balaban J connectivity index is 1.23. The number of fused-ring (bicyclic) bond motifs is 3. The average Bonchev–Trinajstić information content (AvgIpc) is 3.75. The first kappa shape index (κ1) is 19.6. The van der Waals surface area contributed by atoms with Gasteiger partial charge in [-0.2, -0.15) is 0 Å². The summed E-state index contributed by atoms with van der Waals surface area (Å²) in [4.78, 5) is 14.3. The van der Waals surface area contributed by atoms with Gasteiger partial charge in [-0.1, -0.05) is 182 Å². The van der Waals surface area contributed by atoms with E-state index in [9.17, 15) is 9.60 Å². The minimum atomic E-state index is -0.870. The van der Waals surface area contributed by atoms with Crippen molar-refractivity contribution in [1.29, 1.82) is 0 Å². The van der Waals surface area contributed by atoms with Crippen LogP contribution in [0.1, 0.15) is 21.9 Å². The molecule has 0 N–H and O–H groups in total. The molecule has 4 heteroatoms. The molecular weight excluding hydrogens is 669 g/mol. The summed E-state index contributed by atoms with van der Waals surface area (Å²) in [7, 11) is 0. The van der Waals surface area contributed by atoms with Crippen molar-refractivity contribution in [2.75, 3.05) is 0 Å². The summed E-state index contributed by atoms with van der Waals surface area (Å²) in [6.07, 6.45) is 0. The largest absolute Gasteiger partial charge is 0.309 e. The van der Waals surface area contributed by atoms with Crippen molar-refractivity contribution in [3.05, 3.63) is 206 Å². The zero-order valence-electron chi connectivity index (χ0n) is 44.7. The summed E-state index contributed by atoms with van der Waals surface area (Å²) in [5.41, 5.74) is 2.00. The molecular formula is C51H34N4. The maximum absolute atomic E-state index is 9.91. The van der Waals surface area contributed by atoms with Gasteiger partial charge in [-0.25, -0.2) is 15.0 Å². The predicted molar refractivity (Wildman–Crippen MR) is 227 cm³/mol. The molecule has 10 rings (SSSR count). The lowest BCUT2D eigenvalue weighted by Crippen LogP contribution is -2.00. The monoisotopic (exact) mass is 718 g/mol. The molecule has 0 saturated heterocycles. The van der Waals surface area contributed by atoms with Crippen molar-refractivity contribution in [3.63, 3.8) is 0 Å². The smallest absolute Gasteiger partial charge is 0.164 e. The summed E-state index contributed by atoms with van der Waals surface area (Å²) < 4.78 is 144. The molecule has 0 aliphatic rings. The van der Waals surface area contributed by atoms with Crippen molar-refractivity contribution in [2.45, 2.75) is 0 Å². The van der Waals surface area contributed by atoms with Gasteiger partial charge in [-0.05, 0) is 57.6 Å². The second-order valence-corrected chi connectivity index (χ2v) is 12.4. The molecule has 0 atom stereocenters. The molecule has 4 nitrogen and oxygen atoms in total. The number of hydrogen-bond donors (Lipinski definition) is 0. The number of aromatic nitrogens is 4. The van der Waals surface area contributed by atoms with E-state index >= 15 is 0 Å². The second-order valence-electron chi connectivity index (χ2n) is 12.4. The highest BCUT2D eigenvalue weighted by atomic mass is 15.0. The molecule has 0 amide bonds. The van der Waals surface area contributed by atoms with Gasteiger partial charge in [0.2, 0.25) is 0 Å². The molecule has 0 saturated carbocycles. The molecule has 0 spiro atoms. The van der Waals surface area contributed by atoms with E-state index in [1.165, 1.54) is 0 Å². The van der Waals surface area contributed by atoms with Crippen molar-refractivity contribution in [2.24, 2.45) is 0 Å². The second kappa shape index (κ2) is 13.8. The van der Waals surface area contributed by atoms with Crippen molar-refractivity contribution < 1.29 is 21.9 Å². The number of benzene rings is 8. The van der Waals surface area contributed by atoms with Crippen molar-refractivity contribution in [3.8, 4) is 73.2 Å². The normalized spacial score (nSPS) is 15.3. The van der Waals surface area contributed by atoms with Crippen LogP contribution in [0.4, 0.5) is 0 Å². The molecule has 0 radical (unpaired) electrons. The number of hydrogen-bond acceptors (Lipinski definition) is 3. The van der Waals surface area contributed by atoms with Gasteiger partial charge < -0.3 is 4.57 Å². The predicted octanol–water partition coefficient (Wildman–Crippen LogP) is 13.0. The molecule has 8 aromatic carbocycles. The van der Waals surface area contributed by atoms with Crippen LogP contribution in [0.25, 0.3) is 95.0 Å². The highest BCUT2D eigenvalue weighted by Crippen LogP contribution is 2.36. The first-order valence-corrected chi connectivity index (χ1v) is 17.2. The van der Waals surface area contributed by atoms with Gasteiger partial charge in [-0.3, -0.25) is 0 Å². The molecule has 55 heavy (non-hydrogen) atoms. The summed E-state index contributed by atoms with van der Waals surface area (Å²) in [6, 6.07) is 22.3. The number of rotatable bonds is 7. The van der Waals surface area contributed by atoms with Crippen LogP contribution >= 0.6 is 0 Å². The van der Waals surface area contributed by atoms with Crippen molar-refractivity contribution in [1.82, 2.24) is 19.5 Å². The topological polar surface area (TPSA) is 43.6 Å². The molecule has 0 fully saturated rings. The Morgan fingerprint density at radius 2 is 0.764 bits per heavy atom. The standard InChI is InChI=1S/C51H34N4/c1-4-12-35(13-5-1)37-20-22-38(23-21-37)39-24-26-42(27-25-39)50-52-49(41-16-8-3-9-17-41)53-51(54-50)43-30-33-46-45-18-10-11-19-47(45)55(48(46)34-43)44-31-28-40(29-32-44)36-14-6-2-7-15-36/h1-34H/i2D,6D,7D,10D,11D,14D,15D,18D,19D,28D,29D,30D,31D,32D,33D,34D. The fourth-order valence-electron chi connectivity index (χ4n) is 6.40. The Morgan fingerprint density at radius 1 is 0.327 bits per heavy atom. The molecule has 0 bridgehead atoms.